The zero-order valence-corrected chi connectivity index (χ0v) is 14.9. The van der Waals surface area contributed by atoms with Gasteiger partial charge in [-0.3, -0.25) is 4.79 Å². The van der Waals surface area contributed by atoms with Crippen LogP contribution in [0.3, 0.4) is 0 Å². The van der Waals surface area contributed by atoms with E-state index < -0.39 is 0 Å². The van der Waals surface area contributed by atoms with E-state index in [1.807, 2.05) is 4.90 Å². The lowest BCUT2D eigenvalue weighted by molar-refractivity contribution is -0.129. The van der Waals surface area contributed by atoms with Crippen molar-refractivity contribution in [2.75, 3.05) is 26.2 Å². The number of likely N-dealkylation sites (tertiary alicyclic amines) is 1. The van der Waals surface area contributed by atoms with Crippen LogP contribution in [0.1, 0.15) is 31.7 Å². The molecule has 4 nitrogen and oxygen atoms in total. The highest BCUT2D eigenvalue weighted by Crippen LogP contribution is 2.17. The second-order valence-corrected chi connectivity index (χ2v) is 5.88. The van der Waals surface area contributed by atoms with Gasteiger partial charge >= 0.3 is 0 Å². The van der Waals surface area contributed by atoms with Gasteiger partial charge in [0, 0.05) is 25.3 Å². The molecule has 24 heavy (non-hydrogen) atoms. The van der Waals surface area contributed by atoms with Crippen LogP contribution in [-0.4, -0.2) is 43.2 Å². The molecule has 1 aromatic carbocycles. The highest BCUT2D eigenvalue weighted by atomic mass is 35.5. The minimum Gasteiger partial charge on any atom is -0.378 e. The van der Waals surface area contributed by atoms with Crippen LogP contribution in [0.15, 0.2) is 29.8 Å². The number of nitrogens with two attached hydrogens (primary N) is 1. The number of ether oxygens (including phenoxy) is 1. The number of carbonyl (C=O) groups excluding carboxylic acids is 1. The zero-order chi connectivity index (χ0) is 16.7. The summed E-state index contributed by atoms with van der Waals surface area (Å²) in [7, 11) is 0. The van der Waals surface area contributed by atoms with E-state index in [4.69, 9.17) is 10.5 Å². The monoisotopic (exact) mass is 356 g/mol. The van der Waals surface area contributed by atoms with Gasteiger partial charge in [-0.2, -0.15) is 0 Å². The highest BCUT2D eigenvalue weighted by molar-refractivity contribution is 5.97. The molecule has 1 saturated heterocycles. The van der Waals surface area contributed by atoms with Gasteiger partial charge in [-0.25, -0.2) is 4.39 Å². The molecule has 0 unspecified atom stereocenters. The van der Waals surface area contributed by atoms with Crippen molar-refractivity contribution in [3.8, 4) is 0 Å². The molecule has 1 aliphatic heterocycles. The summed E-state index contributed by atoms with van der Waals surface area (Å²) in [5.41, 5.74) is 6.95. The number of benzene rings is 1. The smallest absolute Gasteiger partial charge is 0.249 e. The van der Waals surface area contributed by atoms with Gasteiger partial charge in [0.05, 0.1) is 6.10 Å². The van der Waals surface area contributed by atoms with Crippen LogP contribution < -0.4 is 5.73 Å². The molecule has 1 amide bonds. The number of amides is 1. The minimum absolute atomic E-state index is 0. The SMILES string of the molecule is C/C(=C\c1ccc(F)cc1)C(=O)N1CCC(OCCCN)CC1.Cl. The number of piperidine rings is 1. The zero-order valence-electron chi connectivity index (χ0n) is 14.0. The first-order valence-electron chi connectivity index (χ1n) is 8.15. The second kappa shape index (κ2) is 10.4. The Hall–Kier alpha value is -1.43. The normalized spacial score (nSPS) is 16.0. The molecule has 0 aliphatic carbocycles. The predicted octanol–water partition coefficient (Wildman–Crippen LogP) is 3.01. The Morgan fingerprint density at radius 1 is 1.33 bits per heavy atom. The Labute approximate surface area is 149 Å². The van der Waals surface area contributed by atoms with Crippen LogP contribution in [0.25, 0.3) is 6.08 Å². The lowest BCUT2D eigenvalue weighted by Crippen LogP contribution is -2.41. The summed E-state index contributed by atoms with van der Waals surface area (Å²) >= 11 is 0. The fourth-order valence-corrected chi connectivity index (χ4v) is 2.68. The van der Waals surface area contributed by atoms with Gasteiger partial charge in [0.1, 0.15) is 5.82 Å². The van der Waals surface area contributed by atoms with Crippen molar-refractivity contribution in [3.05, 3.63) is 41.2 Å². The van der Waals surface area contributed by atoms with E-state index in [1.54, 1.807) is 25.1 Å². The molecular weight excluding hydrogens is 331 g/mol. The molecule has 1 heterocycles. The highest BCUT2D eigenvalue weighted by Gasteiger charge is 2.23. The Morgan fingerprint density at radius 3 is 2.54 bits per heavy atom. The van der Waals surface area contributed by atoms with E-state index >= 15 is 0 Å². The summed E-state index contributed by atoms with van der Waals surface area (Å²) < 4.78 is 18.7. The number of rotatable bonds is 6. The first kappa shape index (κ1) is 20.6. The van der Waals surface area contributed by atoms with Crippen LogP contribution in [0.2, 0.25) is 0 Å². The standard InChI is InChI=1S/C18H25FN2O2.ClH/c1-14(13-15-3-5-16(19)6-4-15)18(22)21-10-7-17(8-11-21)23-12-2-9-20;/h3-6,13,17H,2,7-12,20H2,1H3;1H/b14-13+;. The lowest BCUT2D eigenvalue weighted by Gasteiger charge is -2.32. The molecule has 2 N–H and O–H groups in total. The summed E-state index contributed by atoms with van der Waals surface area (Å²) in [6.45, 7) is 4.56. The predicted molar refractivity (Wildman–Crippen MR) is 96.5 cm³/mol. The molecule has 0 aromatic heterocycles. The maximum atomic E-state index is 12.9. The minimum atomic E-state index is -0.275. The third-order valence-electron chi connectivity index (χ3n) is 4.02. The molecule has 0 radical (unpaired) electrons. The van der Waals surface area contributed by atoms with Crippen molar-refractivity contribution in [1.82, 2.24) is 4.90 Å². The average Bonchev–Trinajstić information content (AvgIpc) is 2.57. The second-order valence-electron chi connectivity index (χ2n) is 5.88. The topological polar surface area (TPSA) is 55.6 Å². The van der Waals surface area contributed by atoms with Gasteiger partial charge in [-0.05, 0) is 56.5 Å². The van der Waals surface area contributed by atoms with Crippen LogP contribution in [0.4, 0.5) is 4.39 Å². The Morgan fingerprint density at radius 2 is 1.96 bits per heavy atom. The van der Waals surface area contributed by atoms with E-state index in [-0.39, 0.29) is 30.2 Å². The van der Waals surface area contributed by atoms with Crippen molar-refractivity contribution >= 4 is 24.4 Å². The van der Waals surface area contributed by atoms with Crippen molar-refractivity contribution in [1.29, 1.82) is 0 Å². The Kier molecular flexibility index (Phi) is 8.97. The molecule has 0 saturated carbocycles. The molecule has 2 rings (SSSR count). The Balaban J connectivity index is 0.00000288. The van der Waals surface area contributed by atoms with Crippen LogP contribution in [0, 0.1) is 5.82 Å². The Bertz CT molecular complexity index is 540. The summed E-state index contributed by atoms with van der Waals surface area (Å²) in [6, 6.07) is 6.13. The molecule has 0 bridgehead atoms. The molecular formula is C18H26ClFN2O2. The molecule has 1 aromatic rings. The molecule has 134 valence electrons. The number of hydrogen-bond acceptors (Lipinski definition) is 3. The third-order valence-corrected chi connectivity index (χ3v) is 4.02. The van der Waals surface area contributed by atoms with Gasteiger partial charge in [0.25, 0.3) is 0 Å². The largest absolute Gasteiger partial charge is 0.378 e. The summed E-state index contributed by atoms with van der Waals surface area (Å²) in [5.74, 6) is -0.238. The molecule has 6 heteroatoms. The van der Waals surface area contributed by atoms with Crippen molar-refractivity contribution in [3.63, 3.8) is 0 Å². The maximum absolute atomic E-state index is 12.9. The van der Waals surface area contributed by atoms with E-state index in [2.05, 4.69) is 0 Å². The van der Waals surface area contributed by atoms with Crippen molar-refractivity contribution < 1.29 is 13.9 Å². The fraction of sp³-hybridized carbons (Fsp3) is 0.500. The third kappa shape index (κ3) is 6.23. The first-order chi connectivity index (χ1) is 11.1. The van der Waals surface area contributed by atoms with Crippen molar-refractivity contribution in [2.45, 2.75) is 32.3 Å². The number of carbonyl (C=O) groups is 1. The van der Waals surface area contributed by atoms with Crippen molar-refractivity contribution in [2.24, 2.45) is 5.73 Å². The van der Waals surface area contributed by atoms with Gasteiger partial charge in [-0.1, -0.05) is 12.1 Å². The lowest BCUT2D eigenvalue weighted by atomic mass is 10.1. The van der Waals surface area contributed by atoms with Gasteiger partial charge in [0.2, 0.25) is 5.91 Å². The van der Waals surface area contributed by atoms with Gasteiger partial charge in [-0.15, -0.1) is 12.4 Å². The molecule has 1 aliphatic rings. The van der Waals surface area contributed by atoms with E-state index in [9.17, 15) is 9.18 Å². The summed E-state index contributed by atoms with van der Waals surface area (Å²) in [6.07, 6.45) is 4.62. The quantitative estimate of drug-likeness (QED) is 0.629. The summed E-state index contributed by atoms with van der Waals surface area (Å²) in [4.78, 5) is 14.3. The van der Waals surface area contributed by atoms with E-state index in [0.717, 1.165) is 24.8 Å². The number of halogens is 2. The molecule has 0 spiro atoms. The maximum Gasteiger partial charge on any atom is 0.249 e. The fourth-order valence-electron chi connectivity index (χ4n) is 2.68. The van der Waals surface area contributed by atoms with E-state index in [1.165, 1.54) is 12.1 Å². The summed E-state index contributed by atoms with van der Waals surface area (Å²) in [5, 5.41) is 0. The number of nitrogens with zero attached hydrogens (tertiary/aromatic N) is 1. The van der Waals surface area contributed by atoms with Gasteiger partial charge in [0.15, 0.2) is 0 Å². The van der Waals surface area contributed by atoms with Crippen LogP contribution in [0.5, 0.6) is 0 Å². The average molecular weight is 357 g/mol. The first-order valence-corrected chi connectivity index (χ1v) is 8.15. The molecule has 1 fully saturated rings. The number of hydrogen-bond donors (Lipinski definition) is 1. The molecule has 0 atom stereocenters. The van der Waals surface area contributed by atoms with Crippen LogP contribution >= 0.6 is 12.4 Å². The van der Waals surface area contributed by atoms with Crippen LogP contribution in [-0.2, 0) is 9.53 Å². The van der Waals surface area contributed by atoms with Gasteiger partial charge < -0.3 is 15.4 Å². The van der Waals surface area contributed by atoms with E-state index in [0.29, 0.717) is 31.8 Å².